The number of halogens is 3. The first-order chi connectivity index (χ1) is 25.8. The molecule has 0 unspecified atom stereocenters. The van der Waals surface area contributed by atoms with Crippen molar-refractivity contribution in [2.24, 2.45) is 0 Å². The molecule has 270 valence electrons. The lowest BCUT2D eigenvalue weighted by Crippen LogP contribution is -2.44. The molecule has 1 amide bonds. The minimum atomic E-state index is -0.953. The van der Waals surface area contributed by atoms with Crippen LogP contribution in [0.15, 0.2) is 72.8 Å². The first-order valence-corrected chi connectivity index (χ1v) is 18.0. The van der Waals surface area contributed by atoms with Crippen molar-refractivity contribution in [1.29, 1.82) is 0 Å². The van der Waals surface area contributed by atoms with E-state index in [1.165, 1.54) is 6.20 Å². The van der Waals surface area contributed by atoms with E-state index >= 15 is 4.39 Å². The predicted molar refractivity (Wildman–Crippen MR) is 198 cm³/mol. The van der Waals surface area contributed by atoms with Crippen LogP contribution < -0.4 is 15.0 Å². The van der Waals surface area contributed by atoms with E-state index in [4.69, 9.17) is 16.1 Å². The van der Waals surface area contributed by atoms with E-state index in [9.17, 15) is 13.6 Å². The minimum absolute atomic E-state index is 0.00920. The van der Waals surface area contributed by atoms with Gasteiger partial charge in [-0.15, -0.1) is 6.42 Å². The zero-order valence-corrected chi connectivity index (χ0v) is 29.1. The topological polar surface area (TPSA) is 96.4 Å². The van der Waals surface area contributed by atoms with Gasteiger partial charge in [-0.05, 0) is 62.2 Å². The fraction of sp³-hybridized carbons (Fsp3) is 0.341. The third kappa shape index (κ3) is 6.77. The number of nitrogens with zero attached hydrogens (tertiary/aromatic N) is 6. The van der Waals surface area contributed by atoms with E-state index in [0.717, 1.165) is 43.7 Å². The van der Waals surface area contributed by atoms with Crippen LogP contribution in [0.1, 0.15) is 49.8 Å². The van der Waals surface area contributed by atoms with Gasteiger partial charge in [0.1, 0.15) is 29.8 Å². The lowest BCUT2D eigenvalue weighted by molar-refractivity contribution is -0.119. The fourth-order valence-corrected chi connectivity index (χ4v) is 8.18. The van der Waals surface area contributed by atoms with Gasteiger partial charge in [-0.3, -0.25) is 19.7 Å². The Hall–Kier alpha value is -5.54. The Kier molecular flexibility index (Phi) is 9.43. The Morgan fingerprint density at radius 1 is 1.06 bits per heavy atom. The number of amides is 1. The summed E-state index contributed by atoms with van der Waals surface area (Å²) in [6, 6.07) is 15.7. The summed E-state index contributed by atoms with van der Waals surface area (Å²) < 4.78 is 52.9. The van der Waals surface area contributed by atoms with Crippen molar-refractivity contribution in [3.63, 3.8) is 0 Å². The SMILES string of the molecule is C#Cc1cccc2cccc(-c3ncc4c(N5CCCC[C@@H](NC(=O)/C(F)=C/c6ccccn6)C5)nc(OC[C@@]56CCCN5C[C@H](F)C6)nc4c3F)c12. The van der Waals surface area contributed by atoms with Gasteiger partial charge in [0, 0.05) is 67.1 Å². The molecule has 2 aromatic carbocycles. The molecule has 5 aromatic rings. The number of rotatable bonds is 8. The van der Waals surface area contributed by atoms with Crippen LogP contribution in [-0.4, -0.2) is 81.3 Å². The van der Waals surface area contributed by atoms with Gasteiger partial charge in [-0.25, -0.2) is 13.2 Å². The van der Waals surface area contributed by atoms with Crippen molar-refractivity contribution >= 4 is 39.5 Å². The molecule has 3 aliphatic rings. The van der Waals surface area contributed by atoms with Crippen molar-refractivity contribution in [2.45, 2.75) is 56.3 Å². The second-order valence-corrected chi connectivity index (χ2v) is 14.1. The van der Waals surface area contributed by atoms with Crippen LogP contribution >= 0.6 is 0 Å². The van der Waals surface area contributed by atoms with Crippen LogP contribution in [0.25, 0.3) is 39.0 Å². The number of carbonyl (C=O) groups excluding carboxylic acids is 1. The molecule has 12 heteroatoms. The second kappa shape index (κ2) is 14.5. The molecule has 3 saturated heterocycles. The highest BCUT2D eigenvalue weighted by Gasteiger charge is 2.49. The molecule has 0 bridgehead atoms. The summed E-state index contributed by atoms with van der Waals surface area (Å²) in [7, 11) is 0. The number of benzene rings is 2. The quantitative estimate of drug-likeness (QED) is 0.138. The number of terminal acetylenes is 1. The van der Waals surface area contributed by atoms with Crippen molar-refractivity contribution in [2.75, 3.05) is 37.7 Å². The summed E-state index contributed by atoms with van der Waals surface area (Å²) >= 11 is 0. The van der Waals surface area contributed by atoms with Gasteiger partial charge in [0.15, 0.2) is 11.6 Å². The Morgan fingerprint density at radius 3 is 2.75 bits per heavy atom. The molecular formula is C41H38F3N7O2. The predicted octanol–water partition coefficient (Wildman–Crippen LogP) is 6.80. The van der Waals surface area contributed by atoms with Gasteiger partial charge in [-0.2, -0.15) is 9.97 Å². The van der Waals surface area contributed by atoms with E-state index in [1.54, 1.807) is 30.5 Å². The molecule has 6 heterocycles. The Morgan fingerprint density at radius 2 is 1.92 bits per heavy atom. The molecule has 0 radical (unpaired) electrons. The lowest BCUT2D eigenvalue weighted by Gasteiger charge is -2.31. The Labute approximate surface area is 305 Å². The molecule has 0 aliphatic carbocycles. The third-order valence-electron chi connectivity index (χ3n) is 10.7. The number of nitrogens with one attached hydrogen (secondary N) is 1. The van der Waals surface area contributed by atoms with Crippen LogP contribution in [0.5, 0.6) is 6.01 Å². The maximum atomic E-state index is 17.0. The van der Waals surface area contributed by atoms with Gasteiger partial charge in [0.05, 0.1) is 16.6 Å². The molecule has 3 atom stereocenters. The number of carbonyl (C=O) groups is 1. The smallest absolute Gasteiger partial charge is 0.319 e. The van der Waals surface area contributed by atoms with Crippen molar-refractivity contribution in [3.05, 3.63) is 89.9 Å². The Bertz CT molecular complexity index is 2260. The number of fused-ring (bicyclic) bond motifs is 3. The van der Waals surface area contributed by atoms with Gasteiger partial charge >= 0.3 is 6.01 Å². The number of hydrogen-bond acceptors (Lipinski definition) is 8. The summed E-state index contributed by atoms with van der Waals surface area (Å²) in [6.07, 6.45) is 13.3. The van der Waals surface area contributed by atoms with Gasteiger partial charge < -0.3 is 15.0 Å². The largest absolute Gasteiger partial charge is 0.461 e. The number of alkyl halides is 1. The number of hydrogen-bond donors (Lipinski definition) is 1. The summed E-state index contributed by atoms with van der Waals surface area (Å²) in [6.45, 7) is 2.12. The van der Waals surface area contributed by atoms with Crippen molar-refractivity contribution in [1.82, 2.24) is 30.2 Å². The second-order valence-electron chi connectivity index (χ2n) is 14.1. The van der Waals surface area contributed by atoms with Crippen LogP contribution in [-0.2, 0) is 4.79 Å². The third-order valence-corrected chi connectivity index (χ3v) is 10.7. The van der Waals surface area contributed by atoms with Crippen molar-refractivity contribution in [3.8, 4) is 29.6 Å². The molecule has 9 nitrogen and oxygen atoms in total. The zero-order chi connectivity index (χ0) is 36.5. The average Bonchev–Trinajstić information content (AvgIpc) is 3.59. The number of pyridine rings is 2. The standard InChI is InChI=1S/C41H38F3N7O2/c1-2-26-10-7-11-27-12-8-15-31(34(26)27)36-35(44)37-32(22-46-36)38(49-40(48-37)53-25-41-16-9-19-51(41)23-28(42)21-41)50-18-6-4-14-30(24-50)47-39(52)33(43)20-29-13-3-5-17-45-29/h1,3,5,7-8,10-13,15,17,20,22,28,30H,4,6,9,14,16,18-19,21,23-25H2,(H,47,52)/b33-20-/t28-,30-,41+/m1/s1. The number of aromatic nitrogens is 4. The minimum Gasteiger partial charge on any atom is -0.461 e. The molecular weight excluding hydrogens is 679 g/mol. The fourth-order valence-electron chi connectivity index (χ4n) is 8.18. The van der Waals surface area contributed by atoms with Crippen LogP contribution in [0, 0.1) is 18.2 Å². The summed E-state index contributed by atoms with van der Waals surface area (Å²) in [5.74, 6) is 0.628. The molecule has 8 rings (SSSR count). The first-order valence-electron chi connectivity index (χ1n) is 18.0. The molecule has 53 heavy (non-hydrogen) atoms. The van der Waals surface area contributed by atoms with Crippen LogP contribution in [0.3, 0.4) is 0 Å². The maximum Gasteiger partial charge on any atom is 0.319 e. The van der Waals surface area contributed by atoms with E-state index in [0.29, 0.717) is 59.3 Å². The Balaban J connectivity index is 1.17. The molecule has 1 N–H and O–H groups in total. The van der Waals surface area contributed by atoms with Crippen LogP contribution in [0.2, 0.25) is 0 Å². The monoisotopic (exact) mass is 717 g/mol. The normalized spacial score (nSPS) is 22.1. The number of ether oxygens (including phenoxy) is 1. The lowest BCUT2D eigenvalue weighted by atomic mass is 9.95. The molecule has 0 spiro atoms. The molecule has 0 saturated carbocycles. The van der Waals surface area contributed by atoms with Gasteiger partial charge in [0.25, 0.3) is 5.91 Å². The average molecular weight is 718 g/mol. The van der Waals surface area contributed by atoms with E-state index in [2.05, 4.69) is 31.1 Å². The van der Waals surface area contributed by atoms with Gasteiger partial charge in [-0.1, -0.05) is 42.3 Å². The zero-order valence-electron chi connectivity index (χ0n) is 29.1. The number of anilines is 1. The highest BCUT2D eigenvalue weighted by molar-refractivity contribution is 6.02. The highest BCUT2D eigenvalue weighted by atomic mass is 19.1. The van der Waals surface area contributed by atoms with Gasteiger partial charge in [0.2, 0.25) is 0 Å². The van der Waals surface area contributed by atoms with E-state index in [-0.39, 0.29) is 30.4 Å². The summed E-state index contributed by atoms with van der Waals surface area (Å²) in [5.41, 5.74) is 1.08. The molecule has 3 aliphatic heterocycles. The summed E-state index contributed by atoms with van der Waals surface area (Å²) in [4.78, 5) is 35.2. The highest BCUT2D eigenvalue weighted by Crippen LogP contribution is 2.41. The summed E-state index contributed by atoms with van der Waals surface area (Å²) in [5, 5.41) is 4.73. The van der Waals surface area contributed by atoms with E-state index in [1.807, 2.05) is 35.2 Å². The molecule has 3 aromatic heterocycles. The van der Waals surface area contributed by atoms with E-state index < -0.39 is 35.3 Å². The van der Waals surface area contributed by atoms with Crippen LogP contribution in [0.4, 0.5) is 19.0 Å². The molecule has 3 fully saturated rings. The maximum absolute atomic E-state index is 17.0. The van der Waals surface area contributed by atoms with Crippen molar-refractivity contribution < 1.29 is 22.7 Å². The first kappa shape index (κ1) is 34.5.